The van der Waals surface area contributed by atoms with Crippen LogP contribution in [0.15, 0.2) is 33.5 Å². The number of hydrogen-bond donors (Lipinski definition) is 2. The quantitative estimate of drug-likeness (QED) is 0.837. The molecule has 0 saturated heterocycles. The number of halogens is 1. The van der Waals surface area contributed by atoms with Crippen LogP contribution in [0.2, 0.25) is 0 Å². The first-order chi connectivity index (χ1) is 8.06. The second-order valence-corrected chi connectivity index (χ2v) is 5.14. The molecule has 1 aromatic heterocycles. The van der Waals surface area contributed by atoms with Crippen molar-refractivity contribution in [1.82, 2.24) is 9.97 Å². The summed E-state index contributed by atoms with van der Waals surface area (Å²) in [4.78, 5) is 17.2. The zero-order chi connectivity index (χ0) is 12.4. The Morgan fingerprint density at radius 2 is 2.12 bits per heavy atom. The van der Waals surface area contributed by atoms with Crippen molar-refractivity contribution >= 4 is 28.1 Å². The number of benzene rings is 1. The molecule has 0 atom stereocenters. The van der Waals surface area contributed by atoms with Crippen LogP contribution in [0.4, 0.5) is 0 Å². The van der Waals surface area contributed by atoms with Crippen LogP contribution in [-0.2, 0) is 6.42 Å². The molecule has 0 bridgehead atoms. The largest absolute Gasteiger partial charge is 0.335 e. The highest BCUT2D eigenvalue weighted by molar-refractivity contribution is 9.10. The van der Waals surface area contributed by atoms with Gasteiger partial charge in [0.25, 0.3) is 5.56 Å². The Morgan fingerprint density at radius 3 is 2.82 bits per heavy atom. The van der Waals surface area contributed by atoms with Crippen LogP contribution in [0.1, 0.15) is 16.8 Å². The van der Waals surface area contributed by atoms with Crippen molar-refractivity contribution < 1.29 is 0 Å². The summed E-state index contributed by atoms with van der Waals surface area (Å²) in [7, 11) is 0. The number of nitrogens with one attached hydrogen (secondary N) is 2. The van der Waals surface area contributed by atoms with Gasteiger partial charge < -0.3 is 4.98 Å². The van der Waals surface area contributed by atoms with Crippen LogP contribution in [0.25, 0.3) is 0 Å². The average Bonchev–Trinajstić information content (AvgIpc) is 2.25. The third-order valence-electron chi connectivity index (χ3n) is 2.55. The summed E-state index contributed by atoms with van der Waals surface area (Å²) in [5.41, 5.74) is 2.54. The molecule has 0 fully saturated rings. The van der Waals surface area contributed by atoms with E-state index in [0.717, 1.165) is 15.7 Å². The SMILES string of the molecule is Cc1c(Cc2cccc(Br)c2)[nH]c(=S)[nH]c1=O. The Hall–Kier alpha value is -1.20. The maximum absolute atomic E-state index is 11.6. The van der Waals surface area contributed by atoms with Gasteiger partial charge in [-0.1, -0.05) is 28.1 Å². The molecule has 1 heterocycles. The standard InChI is InChI=1S/C12H11BrN2OS/c1-7-10(14-12(17)15-11(7)16)6-8-3-2-4-9(13)5-8/h2-5H,6H2,1H3,(H2,14,15,16,17). The molecule has 17 heavy (non-hydrogen) atoms. The van der Waals surface area contributed by atoms with E-state index in [2.05, 4.69) is 25.9 Å². The molecular weight excluding hydrogens is 300 g/mol. The first kappa shape index (κ1) is 12.3. The van der Waals surface area contributed by atoms with Gasteiger partial charge in [-0.25, -0.2) is 0 Å². The summed E-state index contributed by atoms with van der Waals surface area (Å²) < 4.78 is 1.39. The third kappa shape index (κ3) is 2.92. The molecule has 0 unspecified atom stereocenters. The molecule has 0 saturated carbocycles. The van der Waals surface area contributed by atoms with E-state index in [1.807, 2.05) is 24.3 Å². The molecule has 88 valence electrons. The fraction of sp³-hybridized carbons (Fsp3) is 0.167. The lowest BCUT2D eigenvalue weighted by Gasteiger charge is -2.05. The van der Waals surface area contributed by atoms with Crippen LogP contribution in [0, 0.1) is 11.7 Å². The van der Waals surface area contributed by atoms with E-state index in [1.54, 1.807) is 6.92 Å². The van der Waals surface area contributed by atoms with Gasteiger partial charge in [0.2, 0.25) is 0 Å². The lowest BCUT2D eigenvalue weighted by Crippen LogP contribution is -2.15. The van der Waals surface area contributed by atoms with Crippen molar-refractivity contribution in [3.63, 3.8) is 0 Å². The topological polar surface area (TPSA) is 48.6 Å². The second kappa shape index (κ2) is 4.98. The summed E-state index contributed by atoms with van der Waals surface area (Å²) >= 11 is 8.39. The van der Waals surface area contributed by atoms with Crippen molar-refractivity contribution in [3.05, 3.63) is 60.7 Å². The van der Waals surface area contributed by atoms with Crippen molar-refractivity contribution in [1.29, 1.82) is 0 Å². The zero-order valence-corrected chi connectivity index (χ0v) is 11.6. The molecule has 0 aliphatic rings. The molecule has 2 aromatic rings. The monoisotopic (exact) mass is 310 g/mol. The molecule has 5 heteroatoms. The molecule has 0 spiro atoms. The Bertz CT molecular complexity index is 660. The van der Waals surface area contributed by atoms with E-state index in [0.29, 0.717) is 16.8 Å². The van der Waals surface area contributed by atoms with Gasteiger partial charge in [0.15, 0.2) is 4.77 Å². The first-order valence-electron chi connectivity index (χ1n) is 5.13. The molecule has 0 amide bonds. The third-order valence-corrected chi connectivity index (χ3v) is 3.25. The van der Waals surface area contributed by atoms with Crippen molar-refractivity contribution in [3.8, 4) is 0 Å². The van der Waals surface area contributed by atoms with Gasteiger partial charge >= 0.3 is 0 Å². The van der Waals surface area contributed by atoms with E-state index in [-0.39, 0.29) is 5.56 Å². The van der Waals surface area contributed by atoms with E-state index in [4.69, 9.17) is 12.2 Å². The normalized spacial score (nSPS) is 10.5. The second-order valence-electron chi connectivity index (χ2n) is 3.82. The molecule has 2 rings (SSSR count). The number of aromatic nitrogens is 2. The highest BCUT2D eigenvalue weighted by Gasteiger charge is 2.04. The van der Waals surface area contributed by atoms with Crippen molar-refractivity contribution in [2.75, 3.05) is 0 Å². The van der Waals surface area contributed by atoms with Gasteiger partial charge in [0.05, 0.1) is 0 Å². The first-order valence-corrected chi connectivity index (χ1v) is 6.33. The van der Waals surface area contributed by atoms with Gasteiger partial charge in [-0.15, -0.1) is 0 Å². The van der Waals surface area contributed by atoms with E-state index >= 15 is 0 Å². The minimum Gasteiger partial charge on any atom is -0.335 e. The maximum Gasteiger partial charge on any atom is 0.254 e. The summed E-state index contributed by atoms with van der Waals surface area (Å²) in [6.07, 6.45) is 0.666. The van der Waals surface area contributed by atoms with Crippen LogP contribution in [0.3, 0.4) is 0 Å². The molecule has 0 radical (unpaired) electrons. The maximum atomic E-state index is 11.6. The van der Waals surface area contributed by atoms with E-state index in [1.165, 1.54) is 0 Å². The Kier molecular flexibility index (Phi) is 3.59. The minimum absolute atomic E-state index is 0.126. The lowest BCUT2D eigenvalue weighted by atomic mass is 10.1. The van der Waals surface area contributed by atoms with Crippen LogP contribution in [-0.4, -0.2) is 9.97 Å². The predicted molar refractivity (Wildman–Crippen MR) is 73.9 cm³/mol. The van der Waals surface area contributed by atoms with Gasteiger partial charge in [0, 0.05) is 22.2 Å². The molecule has 0 aliphatic carbocycles. The highest BCUT2D eigenvalue weighted by Crippen LogP contribution is 2.14. The van der Waals surface area contributed by atoms with E-state index < -0.39 is 0 Å². The molecule has 2 N–H and O–H groups in total. The van der Waals surface area contributed by atoms with Crippen LogP contribution < -0.4 is 5.56 Å². The summed E-state index contributed by atoms with van der Waals surface area (Å²) in [5, 5.41) is 0. The number of aromatic amines is 2. The number of H-pyrrole nitrogens is 2. The Balaban J connectivity index is 2.43. The Labute approximate surface area is 112 Å². The minimum atomic E-state index is -0.126. The summed E-state index contributed by atoms with van der Waals surface area (Å²) in [6.45, 7) is 1.79. The van der Waals surface area contributed by atoms with Gasteiger partial charge in [-0.05, 0) is 36.8 Å². The van der Waals surface area contributed by atoms with Crippen LogP contribution >= 0.6 is 28.1 Å². The van der Waals surface area contributed by atoms with Gasteiger partial charge in [0.1, 0.15) is 0 Å². The smallest absolute Gasteiger partial charge is 0.254 e. The molecule has 3 nitrogen and oxygen atoms in total. The van der Waals surface area contributed by atoms with Gasteiger partial charge in [-0.3, -0.25) is 9.78 Å². The Morgan fingerprint density at radius 1 is 1.35 bits per heavy atom. The molecule has 1 aromatic carbocycles. The van der Waals surface area contributed by atoms with Gasteiger partial charge in [-0.2, -0.15) is 0 Å². The fourth-order valence-electron chi connectivity index (χ4n) is 1.62. The average molecular weight is 311 g/mol. The van der Waals surface area contributed by atoms with Crippen molar-refractivity contribution in [2.45, 2.75) is 13.3 Å². The van der Waals surface area contributed by atoms with Crippen LogP contribution in [0.5, 0.6) is 0 Å². The lowest BCUT2D eigenvalue weighted by molar-refractivity contribution is 0.952. The summed E-state index contributed by atoms with van der Waals surface area (Å²) in [6, 6.07) is 7.98. The summed E-state index contributed by atoms with van der Waals surface area (Å²) in [5.74, 6) is 0. The predicted octanol–water partition coefficient (Wildman–Crippen LogP) is 3.09. The molecule has 0 aliphatic heterocycles. The van der Waals surface area contributed by atoms with E-state index in [9.17, 15) is 4.79 Å². The number of rotatable bonds is 2. The number of hydrogen-bond acceptors (Lipinski definition) is 2. The zero-order valence-electron chi connectivity index (χ0n) is 9.21. The van der Waals surface area contributed by atoms with Crippen molar-refractivity contribution in [2.24, 2.45) is 0 Å². The fourth-order valence-corrected chi connectivity index (χ4v) is 2.29. The molecular formula is C12H11BrN2OS. The highest BCUT2D eigenvalue weighted by atomic mass is 79.9.